The van der Waals surface area contributed by atoms with E-state index in [0.29, 0.717) is 5.56 Å². The third-order valence-corrected chi connectivity index (χ3v) is 9.47. The molecule has 4 aromatic rings. The largest absolute Gasteiger partial charge is 0.490 e. The molecule has 0 aliphatic carbocycles. The van der Waals surface area contributed by atoms with E-state index in [2.05, 4.69) is 76.0 Å². The van der Waals surface area contributed by atoms with Gasteiger partial charge in [-0.3, -0.25) is 9.69 Å². The van der Waals surface area contributed by atoms with Crippen LogP contribution in [0.3, 0.4) is 0 Å². The van der Waals surface area contributed by atoms with Gasteiger partial charge < -0.3 is 19.5 Å². The fourth-order valence-electron chi connectivity index (χ4n) is 6.98. The molecule has 0 spiro atoms. The summed E-state index contributed by atoms with van der Waals surface area (Å²) < 4.78 is 8.75. The zero-order valence-corrected chi connectivity index (χ0v) is 26.1. The molecular weight excluding hydrogens is 532 g/mol. The average Bonchev–Trinajstić information content (AvgIpc) is 3.15. The van der Waals surface area contributed by atoms with Gasteiger partial charge in [-0.15, -0.1) is 0 Å². The summed E-state index contributed by atoms with van der Waals surface area (Å²) in [4.78, 5) is 17.9. The molecule has 0 bridgehead atoms. The number of ether oxygens (including phenoxy) is 1. The van der Waals surface area contributed by atoms with Crippen LogP contribution < -0.4 is 10.1 Å². The molecular formula is C37H48N4O2. The number of fused-ring (bicyclic) bond motifs is 3. The number of para-hydroxylation sites is 1. The first kappa shape index (κ1) is 29.7. The maximum absolute atomic E-state index is 12.8. The van der Waals surface area contributed by atoms with Crippen molar-refractivity contribution < 1.29 is 9.53 Å². The Balaban J connectivity index is 0.962. The van der Waals surface area contributed by atoms with Crippen molar-refractivity contribution in [2.24, 2.45) is 0 Å². The van der Waals surface area contributed by atoms with Crippen LogP contribution >= 0.6 is 0 Å². The number of aryl methyl sites for hydroxylation is 1. The lowest BCUT2D eigenvalue weighted by Gasteiger charge is -2.32. The van der Waals surface area contributed by atoms with Gasteiger partial charge in [0.05, 0.1) is 0 Å². The van der Waals surface area contributed by atoms with Crippen LogP contribution in [0.2, 0.25) is 0 Å². The Bertz CT molecular complexity index is 1490. The van der Waals surface area contributed by atoms with Gasteiger partial charge in [0.2, 0.25) is 0 Å². The Kier molecular flexibility index (Phi) is 9.64. The second-order valence-corrected chi connectivity index (χ2v) is 12.6. The van der Waals surface area contributed by atoms with E-state index in [1.807, 2.05) is 24.3 Å². The van der Waals surface area contributed by atoms with Gasteiger partial charge in [-0.25, -0.2) is 0 Å². The molecule has 43 heavy (non-hydrogen) atoms. The van der Waals surface area contributed by atoms with Crippen LogP contribution in [0.15, 0.2) is 66.7 Å². The lowest BCUT2D eigenvalue weighted by molar-refractivity contribution is 0.0934. The molecule has 2 aliphatic rings. The highest BCUT2D eigenvalue weighted by molar-refractivity contribution is 6.08. The van der Waals surface area contributed by atoms with E-state index >= 15 is 0 Å². The summed E-state index contributed by atoms with van der Waals surface area (Å²) in [5.41, 5.74) is 4.71. The first-order valence-corrected chi connectivity index (χ1v) is 16.6. The van der Waals surface area contributed by atoms with Crippen molar-refractivity contribution in [2.45, 2.75) is 84.0 Å². The number of benzene rings is 3. The van der Waals surface area contributed by atoms with Crippen molar-refractivity contribution in [3.05, 3.63) is 77.9 Å². The van der Waals surface area contributed by atoms with Crippen molar-refractivity contribution in [2.75, 3.05) is 32.7 Å². The van der Waals surface area contributed by atoms with E-state index < -0.39 is 0 Å². The molecule has 2 saturated heterocycles. The maximum Gasteiger partial charge on any atom is 0.251 e. The van der Waals surface area contributed by atoms with E-state index in [0.717, 1.165) is 57.7 Å². The number of aromatic nitrogens is 1. The first-order chi connectivity index (χ1) is 21.1. The van der Waals surface area contributed by atoms with Crippen LogP contribution in [-0.4, -0.2) is 65.1 Å². The second kappa shape index (κ2) is 14.0. The first-order valence-electron chi connectivity index (χ1n) is 16.6. The van der Waals surface area contributed by atoms with E-state index in [1.165, 1.54) is 66.1 Å². The summed E-state index contributed by atoms with van der Waals surface area (Å²) >= 11 is 0. The van der Waals surface area contributed by atoms with Gasteiger partial charge in [-0.1, -0.05) is 37.1 Å². The van der Waals surface area contributed by atoms with E-state index in [9.17, 15) is 4.79 Å². The summed E-state index contributed by atoms with van der Waals surface area (Å²) in [5.74, 6) is 0.850. The van der Waals surface area contributed by atoms with E-state index in [-0.39, 0.29) is 18.1 Å². The van der Waals surface area contributed by atoms with Crippen LogP contribution in [-0.2, 0) is 13.1 Å². The molecule has 1 amide bonds. The quantitative estimate of drug-likeness (QED) is 0.215. The number of carbonyl (C=O) groups excluding carboxylic acids is 1. The fraction of sp³-hybridized carbons (Fsp3) is 0.486. The number of hydrogen-bond acceptors (Lipinski definition) is 4. The van der Waals surface area contributed by atoms with E-state index in [1.54, 1.807) is 0 Å². The third kappa shape index (κ3) is 7.25. The molecule has 6 nitrogen and oxygen atoms in total. The molecule has 3 aromatic carbocycles. The molecule has 228 valence electrons. The maximum atomic E-state index is 12.8. The minimum Gasteiger partial charge on any atom is -0.490 e. The molecule has 3 heterocycles. The smallest absolute Gasteiger partial charge is 0.251 e. The van der Waals surface area contributed by atoms with Crippen molar-refractivity contribution >= 4 is 27.7 Å². The minimum atomic E-state index is 0.000620. The van der Waals surface area contributed by atoms with Gasteiger partial charge in [0.25, 0.3) is 5.91 Å². The molecule has 1 atom stereocenters. The molecule has 2 fully saturated rings. The van der Waals surface area contributed by atoms with Crippen LogP contribution in [0.1, 0.15) is 74.7 Å². The number of rotatable bonds is 10. The molecule has 1 N–H and O–H groups in total. The van der Waals surface area contributed by atoms with Crippen LogP contribution in [0.5, 0.6) is 5.75 Å². The molecule has 2 aliphatic heterocycles. The van der Waals surface area contributed by atoms with Crippen LogP contribution in [0.4, 0.5) is 0 Å². The summed E-state index contributed by atoms with van der Waals surface area (Å²) in [5, 5.41) is 5.88. The Labute approximate surface area is 257 Å². The number of likely N-dealkylation sites (tertiary alicyclic amines) is 2. The normalized spacial score (nSPS) is 18.1. The Hall–Kier alpha value is -3.35. The highest BCUT2D eigenvalue weighted by Gasteiger charge is 2.21. The zero-order valence-electron chi connectivity index (χ0n) is 26.1. The molecule has 0 saturated carbocycles. The number of nitrogens with one attached hydrogen (secondary N) is 1. The Morgan fingerprint density at radius 3 is 2.33 bits per heavy atom. The lowest BCUT2D eigenvalue weighted by Crippen LogP contribution is -2.37. The number of carbonyl (C=O) groups is 1. The van der Waals surface area contributed by atoms with Gasteiger partial charge in [0.1, 0.15) is 11.9 Å². The second-order valence-electron chi connectivity index (χ2n) is 12.6. The van der Waals surface area contributed by atoms with Crippen molar-refractivity contribution in [3.8, 4) is 5.75 Å². The molecule has 1 unspecified atom stereocenters. The average molecular weight is 581 g/mol. The standard InChI is InChI=1S/C37H48N4O2/c1-3-41-35-11-7-6-10-33(35)34-26-29(12-17-36(34)41)27-40-24-19-32(20-25-40)43-31-15-13-30(14-16-31)37(42)38-28(2)18-23-39-21-8-4-5-9-22-39/h6-7,10-17,26,28,32H,3-5,8-9,18-25,27H2,1-2H3,(H,38,42). The lowest BCUT2D eigenvalue weighted by atomic mass is 10.1. The SMILES string of the molecule is CCn1c2ccccc2c2cc(CN3CCC(Oc4ccc(C(=O)NC(C)CCN5CCCCCC5)cc4)CC3)ccc21. The predicted octanol–water partition coefficient (Wildman–Crippen LogP) is 7.24. The highest BCUT2D eigenvalue weighted by Crippen LogP contribution is 2.30. The summed E-state index contributed by atoms with van der Waals surface area (Å²) in [6.45, 7) is 11.8. The summed E-state index contributed by atoms with van der Waals surface area (Å²) in [6.07, 6.45) is 8.53. The van der Waals surface area contributed by atoms with Crippen LogP contribution in [0, 0.1) is 0 Å². The number of amides is 1. The fourth-order valence-corrected chi connectivity index (χ4v) is 6.98. The van der Waals surface area contributed by atoms with Crippen molar-refractivity contribution in [1.29, 1.82) is 0 Å². The summed E-state index contributed by atoms with van der Waals surface area (Å²) in [6, 6.07) is 23.6. The number of nitrogens with zero attached hydrogens (tertiary/aromatic N) is 3. The number of hydrogen-bond donors (Lipinski definition) is 1. The molecule has 0 radical (unpaired) electrons. The van der Waals surface area contributed by atoms with Gasteiger partial charge in [-0.05, 0) is 107 Å². The van der Waals surface area contributed by atoms with Gasteiger partial charge >= 0.3 is 0 Å². The monoisotopic (exact) mass is 580 g/mol. The van der Waals surface area contributed by atoms with Gasteiger partial charge in [0.15, 0.2) is 0 Å². The Morgan fingerprint density at radius 1 is 0.860 bits per heavy atom. The predicted molar refractivity (Wildman–Crippen MR) is 177 cm³/mol. The van der Waals surface area contributed by atoms with E-state index in [4.69, 9.17) is 4.74 Å². The summed E-state index contributed by atoms with van der Waals surface area (Å²) in [7, 11) is 0. The molecule has 1 aromatic heterocycles. The zero-order chi connectivity index (χ0) is 29.6. The molecule has 6 heteroatoms. The van der Waals surface area contributed by atoms with Gasteiger partial charge in [-0.2, -0.15) is 0 Å². The molecule has 6 rings (SSSR count). The minimum absolute atomic E-state index is 0.000620. The number of piperidine rings is 1. The topological polar surface area (TPSA) is 49.7 Å². The van der Waals surface area contributed by atoms with Crippen molar-refractivity contribution in [3.63, 3.8) is 0 Å². The highest BCUT2D eigenvalue weighted by atomic mass is 16.5. The third-order valence-electron chi connectivity index (χ3n) is 9.47. The van der Waals surface area contributed by atoms with Crippen LogP contribution in [0.25, 0.3) is 21.8 Å². The van der Waals surface area contributed by atoms with Crippen molar-refractivity contribution in [1.82, 2.24) is 19.7 Å². The van der Waals surface area contributed by atoms with Gasteiger partial charge in [0, 0.05) is 66.1 Å². The Morgan fingerprint density at radius 2 is 1.58 bits per heavy atom.